The number of hydrogen-bond acceptors (Lipinski definition) is 2. The maximum Gasteiger partial charge on any atom is 0.190 e. The van der Waals surface area contributed by atoms with Crippen LogP contribution in [0.2, 0.25) is 0 Å². The molecule has 1 aliphatic rings. The van der Waals surface area contributed by atoms with Gasteiger partial charge in [-0.2, -0.15) is 0 Å². The zero-order valence-corrected chi connectivity index (χ0v) is 18.4. The van der Waals surface area contributed by atoms with E-state index in [0.29, 0.717) is 0 Å². The Morgan fingerprint density at radius 2 is 1.84 bits per heavy atom. The van der Waals surface area contributed by atoms with Crippen LogP contribution in [-0.4, -0.2) is 44.1 Å². The summed E-state index contributed by atoms with van der Waals surface area (Å²) in [5.74, 6) is 1.70. The van der Waals surface area contributed by atoms with Gasteiger partial charge in [-0.1, -0.05) is 43.2 Å². The number of aliphatic imine (C=N–C) groups is 1. The molecule has 1 aromatic rings. The van der Waals surface area contributed by atoms with E-state index in [9.17, 15) is 0 Å². The Morgan fingerprint density at radius 3 is 2.44 bits per heavy atom. The quantitative estimate of drug-likeness (QED) is 0.283. The fourth-order valence-electron chi connectivity index (χ4n) is 3.15. The Morgan fingerprint density at radius 1 is 1.16 bits per heavy atom. The summed E-state index contributed by atoms with van der Waals surface area (Å²) in [7, 11) is 1.85. The normalized spacial score (nSPS) is 16.4. The Kier molecular flexibility index (Phi) is 11.1. The van der Waals surface area contributed by atoms with Gasteiger partial charge in [0.25, 0.3) is 0 Å². The molecule has 2 rings (SSSR count). The Labute approximate surface area is 170 Å². The first-order chi connectivity index (χ1) is 11.7. The molecular formula is C20H35IN4. The predicted molar refractivity (Wildman–Crippen MR) is 119 cm³/mol. The molecule has 142 valence electrons. The van der Waals surface area contributed by atoms with E-state index < -0.39 is 0 Å². The van der Waals surface area contributed by atoms with Gasteiger partial charge in [0.2, 0.25) is 0 Å². The SMILES string of the molecule is CCCCNC(=NC)NCC1CCN(Cc2ccc(C)cc2)CC1.I. The Hall–Kier alpha value is -0.820. The molecular weight excluding hydrogens is 423 g/mol. The lowest BCUT2D eigenvalue weighted by Crippen LogP contribution is -2.42. The first-order valence-corrected chi connectivity index (χ1v) is 9.43. The Bertz CT molecular complexity index is 493. The number of guanidine groups is 1. The monoisotopic (exact) mass is 458 g/mol. The first-order valence-electron chi connectivity index (χ1n) is 9.43. The zero-order chi connectivity index (χ0) is 17.2. The molecule has 0 aromatic heterocycles. The molecule has 5 heteroatoms. The molecule has 2 N–H and O–H groups in total. The largest absolute Gasteiger partial charge is 0.356 e. The average Bonchev–Trinajstić information content (AvgIpc) is 2.61. The summed E-state index contributed by atoms with van der Waals surface area (Å²) in [6.07, 6.45) is 4.94. The molecule has 1 saturated heterocycles. The van der Waals surface area contributed by atoms with Gasteiger partial charge in [-0.25, -0.2) is 0 Å². The van der Waals surface area contributed by atoms with Gasteiger partial charge in [-0.15, -0.1) is 24.0 Å². The number of nitrogens with zero attached hydrogens (tertiary/aromatic N) is 2. The summed E-state index contributed by atoms with van der Waals surface area (Å²) in [5, 5.41) is 6.87. The minimum Gasteiger partial charge on any atom is -0.356 e. The number of likely N-dealkylation sites (tertiary alicyclic amines) is 1. The van der Waals surface area contributed by atoms with Gasteiger partial charge < -0.3 is 10.6 Å². The number of piperidine rings is 1. The minimum absolute atomic E-state index is 0. The summed E-state index contributed by atoms with van der Waals surface area (Å²) in [4.78, 5) is 6.88. The molecule has 0 saturated carbocycles. The summed E-state index contributed by atoms with van der Waals surface area (Å²) >= 11 is 0. The van der Waals surface area contributed by atoms with E-state index in [1.807, 2.05) is 7.05 Å². The summed E-state index contributed by atoms with van der Waals surface area (Å²) < 4.78 is 0. The second-order valence-corrected chi connectivity index (χ2v) is 6.94. The van der Waals surface area contributed by atoms with Crippen molar-refractivity contribution in [1.82, 2.24) is 15.5 Å². The number of nitrogens with one attached hydrogen (secondary N) is 2. The molecule has 25 heavy (non-hydrogen) atoms. The van der Waals surface area contributed by atoms with Crippen molar-refractivity contribution >= 4 is 29.9 Å². The number of hydrogen-bond donors (Lipinski definition) is 2. The highest BCUT2D eigenvalue weighted by Gasteiger charge is 2.19. The first kappa shape index (κ1) is 22.2. The molecule has 0 atom stereocenters. The van der Waals surface area contributed by atoms with E-state index in [-0.39, 0.29) is 24.0 Å². The van der Waals surface area contributed by atoms with E-state index in [1.165, 1.54) is 49.9 Å². The smallest absolute Gasteiger partial charge is 0.190 e. The summed E-state index contributed by atoms with van der Waals surface area (Å²) in [6, 6.07) is 8.94. The molecule has 0 unspecified atom stereocenters. The highest BCUT2D eigenvalue weighted by molar-refractivity contribution is 14.0. The number of halogens is 1. The second kappa shape index (κ2) is 12.5. The van der Waals surface area contributed by atoms with Crippen molar-refractivity contribution in [2.24, 2.45) is 10.9 Å². The van der Waals surface area contributed by atoms with Gasteiger partial charge in [0.15, 0.2) is 5.96 Å². The summed E-state index contributed by atoms with van der Waals surface area (Å²) in [5.41, 5.74) is 2.77. The molecule has 1 aromatic carbocycles. The third kappa shape index (κ3) is 8.40. The van der Waals surface area contributed by atoms with E-state index in [0.717, 1.165) is 31.5 Å². The van der Waals surface area contributed by atoms with Crippen LogP contribution in [0.5, 0.6) is 0 Å². The predicted octanol–water partition coefficient (Wildman–Crippen LogP) is 3.79. The maximum absolute atomic E-state index is 4.31. The van der Waals surface area contributed by atoms with Crippen molar-refractivity contribution in [3.05, 3.63) is 35.4 Å². The van der Waals surface area contributed by atoms with E-state index in [1.54, 1.807) is 0 Å². The van der Waals surface area contributed by atoms with Gasteiger partial charge in [0.05, 0.1) is 0 Å². The molecule has 1 fully saturated rings. The highest BCUT2D eigenvalue weighted by atomic mass is 127. The third-order valence-corrected chi connectivity index (χ3v) is 4.84. The van der Waals surface area contributed by atoms with Crippen molar-refractivity contribution in [2.75, 3.05) is 33.2 Å². The lowest BCUT2D eigenvalue weighted by Gasteiger charge is -2.32. The molecule has 4 nitrogen and oxygen atoms in total. The molecule has 1 aliphatic heterocycles. The lowest BCUT2D eigenvalue weighted by molar-refractivity contribution is 0.178. The fourth-order valence-corrected chi connectivity index (χ4v) is 3.15. The van der Waals surface area contributed by atoms with Crippen molar-refractivity contribution in [2.45, 2.75) is 46.1 Å². The molecule has 0 radical (unpaired) electrons. The topological polar surface area (TPSA) is 39.7 Å². The number of unbranched alkanes of at least 4 members (excludes halogenated alkanes) is 1. The van der Waals surface area contributed by atoms with Gasteiger partial charge in [-0.3, -0.25) is 9.89 Å². The highest BCUT2D eigenvalue weighted by Crippen LogP contribution is 2.18. The van der Waals surface area contributed by atoms with Gasteiger partial charge in [-0.05, 0) is 50.8 Å². The maximum atomic E-state index is 4.31. The Balaban J connectivity index is 0.00000312. The van der Waals surface area contributed by atoms with Gasteiger partial charge >= 0.3 is 0 Å². The van der Waals surface area contributed by atoms with Crippen molar-refractivity contribution in [1.29, 1.82) is 0 Å². The zero-order valence-electron chi connectivity index (χ0n) is 16.1. The van der Waals surface area contributed by atoms with Crippen molar-refractivity contribution < 1.29 is 0 Å². The molecule has 0 bridgehead atoms. The average molecular weight is 458 g/mol. The number of rotatable bonds is 7. The van der Waals surface area contributed by atoms with Crippen LogP contribution in [-0.2, 0) is 6.54 Å². The molecule has 0 aliphatic carbocycles. The van der Waals surface area contributed by atoms with E-state index >= 15 is 0 Å². The van der Waals surface area contributed by atoms with Gasteiger partial charge in [0, 0.05) is 26.7 Å². The van der Waals surface area contributed by atoms with Crippen molar-refractivity contribution in [3.63, 3.8) is 0 Å². The van der Waals surface area contributed by atoms with Crippen LogP contribution in [0, 0.1) is 12.8 Å². The van der Waals surface area contributed by atoms with Crippen LogP contribution in [0.25, 0.3) is 0 Å². The van der Waals surface area contributed by atoms with Gasteiger partial charge in [0.1, 0.15) is 0 Å². The standard InChI is InChI=1S/C20H34N4.HI/c1-4-5-12-22-20(21-3)23-15-18-10-13-24(14-11-18)16-19-8-6-17(2)7-9-19;/h6-9,18H,4-5,10-16H2,1-3H3,(H2,21,22,23);1H. The molecule has 0 amide bonds. The molecule has 1 heterocycles. The van der Waals surface area contributed by atoms with Crippen LogP contribution in [0.4, 0.5) is 0 Å². The fraction of sp³-hybridized carbons (Fsp3) is 0.650. The lowest BCUT2D eigenvalue weighted by atomic mass is 9.96. The number of aryl methyl sites for hydroxylation is 1. The van der Waals surface area contributed by atoms with Crippen LogP contribution < -0.4 is 10.6 Å². The van der Waals surface area contributed by atoms with Crippen LogP contribution >= 0.6 is 24.0 Å². The van der Waals surface area contributed by atoms with Crippen molar-refractivity contribution in [3.8, 4) is 0 Å². The molecule has 0 spiro atoms. The summed E-state index contributed by atoms with van der Waals surface area (Å²) in [6.45, 7) is 9.87. The third-order valence-electron chi connectivity index (χ3n) is 4.84. The van der Waals surface area contributed by atoms with Crippen LogP contribution in [0.3, 0.4) is 0 Å². The van der Waals surface area contributed by atoms with E-state index in [4.69, 9.17) is 0 Å². The second-order valence-electron chi connectivity index (χ2n) is 6.94. The minimum atomic E-state index is 0. The van der Waals surface area contributed by atoms with Crippen LogP contribution in [0.1, 0.15) is 43.7 Å². The number of benzene rings is 1. The van der Waals surface area contributed by atoms with E-state index in [2.05, 4.69) is 58.6 Å². The van der Waals surface area contributed by atoms with Crippen LogP contribution in [0.15, 0.2) is 29.3 Å².